The minimum absolute atomic E-state index is 0.0762. The van der Waals surface area contributed by atoms with Crippen molar-refractivity contribution in [1.82, 2.24) is 20.0 Å². The number of hydrogen-bond acceptors (Lipinski definition) is 6. The molecule has 0 saturated carbocycles. The van der Waals surface area contributed by atoms with Crippen molar-refractivity contribution in [1.29, 1.82) is 0 Å². The number of hydrogen-bond donors (Lipinski definition) is 2. The molecule has 10 heteroatoms. The van der Waals surface area contributed by atoms with Gasteiger partial charge in [-0.2, -0.15) is 4.68 Å². The van der Waals surface area contributed by atoms with Gasteiger partial charge in [0.2, 0.25) is 11.7 Å². The molecule has 1 aliphatic rings. The first-order valence-corrected chi connectivity index (χ1v) is 12.2. The number of Topliss-reactive ketones (excluding diaryl/α,β-unsaturated/α-hetero) is 1. The smallest absolute Gasteiger partial charge is 0.384 e. The molecule has 0 aliphatic carbocycles. The number of anilines is 1. The zero-order valence-electron chi connectivity index (χ0n) is 20.8. The van der Waals surface area contributed by atoms with E-state index in [0.717, 1.165) is 17.5 Å². The van der Waals surface area contributed by atoms with Gasteiger partial charge in [-0.3, -0.25) is 9.59 Å². The number of carbonyl (C=O) groups excluding carboxylic acids is 3. The second-order valence-electron chi connectivity index (χ2n) is 9.81. The fourth-order valence-corrected chi connectivity index (χ4v) is 4.15. The van der Waals surface area contributed by atoms with Crippen LogP contribution in [0.4, 0.5) is 10.5 Å². The molecule has 1 aromatic carbocycles. The van der Waals surface area contributed by atoms with Crippen LogP contribution in [-0.4, -0.2) is 51.0 Å². The van der Waals surface area contributed by atoms with Crippen molar-refractivity contribution in [3.63, 3.8) is 0 Å². The molecule has 2 atom stereocenters. The zero-order chi connectivity index (χ0) is 25.5. The minimum atomic E-state index is -0.937. The van der Waals surface area contributed by atoms with Crippen molar-refractivity contribution in [3.8, 4) is 0 Å². The second-order valence-corrected chi connectivity index (χ2v) is 9.81. The monoisotopic (exact) mass is 485 g/mol. The highest BCUT2D eigenvalue weighted by atomic mass is 16.4. The SMILES string of the molecule is CC(C)C[C@H](NC(=O)N1CCCC[C@H]1C(=O)Nc1ccccc1)C(=O)c1nn(CC(C)C)c(=O)o1. The number of ketones is 1. The van der Waals surface area contributed by atoms with Gasteiger partial charge in [-0.25, -0.2) is 9.59 Å². The Balaban J connectivity index is 1.75. The number of piperidine rings is 1. The van der Waals surface area contributed by atoms with Crippen LogP contribution in [0, 0.1) is 11.8 Å². The quantitative estimate of drug-likeness (QED) is 0.525. The Morgan fingerprint density at radius 2 is 1.80 bits per heavy atom. The number of amides is 3. The summed E-state index contributed by atoms with van der Waals surface area (Å²) in [7, 11) is 0. The molecule has 2 heterocycles. The zero-order valence-corrected chi connectivity index (χ0v) is 20.8. The van der Waals surface area contributed by atoms with E-state index in [1.807, 2.05) is 45.9 Å². The van der Waals surface area contributed by atoms with Crippen LogP contribution < -0.4 is 16.4 Å². The number of likely N-dealkylation sites (tertiary alicyclic amines) is 1. The Hall–Kier alpha value is -3.43. The van der Waals surface area contributed by atoms with Gasteiger partial charge in [-0.05, 0) is 49.7 Å². The van der Waals surface area contributed by atoms with Crippen LogP contribution in [-0.2, 0) is 11.3 Å². The Morgan fingerprint density at radius 1 is 1.09 bits per heavy atom. The molecule has 1 fully saturated rings. The molecule has 10 nitrogen and oxygen atoms in total. The predicted octanol–water partition coefficient (Wildman–Crippen LogP) is 3.29. The molecular formula is C25H35N5O5. The summed E-state index contributed by atoms with van der Waals surface area (Å²) in [6.45, 7) is 8.43. The molecule has 3 rings (SSSR count). The lowest BCUT2D eigenvalue weighted by Gasteiger charge is -2.35. The van der Waals surface area contributed by atoms with Crippen LogP contribution in [0.2, 0.25) is 0 Å². The van der Waals surface area contributed by atoms with Crippen molar-refractivity contribution in [3.05, 3.63) is 46.8 Å². The molecule has 2 N–H and O–H groups in total. The van der Waals surface area contributed by atoms with E-state index in [-0.39, 0.29) is 23.6 Å². The van der Waals surface area contributed by atoms with Gasteiger partial charge in [0.25, 0.3) is 5.89 Å². The minimum Gasteiger partial charge on any atom is -0.384 e. The average molecular weight is 486 g/mol. The highest BCUT2D eigenvalue weighted by Gasteiger charge is 2.35. The van der Waals surface area contributed by atoms with Gasteiger partial charge in [-0.1, -0.05) is 45.9 Å². The fourth-order valence-electron chi connectivity index (χ4n) is 4.15. The van der Waals surface area contributed by atoms with E-state index in [4.69, 9.17) is 4.42 Å². The fraction of sp³-hybridized carbons (Fsp3) is 0.560. The number of nitrogens with zero attached hydrogens (tertiary/aromatic N) is 3. The highest BCUT2D eigenvalue weighted by Crippen LogP contribution is 2.20. The van der Waals surface area contributed by atoms with Gasteiger partial charge in [0.1, 0.15) is 6.04 Å². The van der Waals surface area contributed by atoms with Crippen molar-refractivity contribution in [2.24, 2.45) is 11.8 Å². The van der Waals surface area contributed by atoms with E-state index >= 15 is 0 Å². The topological polar surface area (TPSA) is 127 Å². The van der Waals surface area contributed by atoms with Crippen LogP contribution in [0.5, 0.6) is 0 Å². The number of para-hydroxylation sites is 1. The van der Waals surface area contributed by atoms with E-state index in [1.165, 1.54) is 4.90 Å². The van der Waals surface area contributed by atoms with Crippen LogP contribution in [0.1, 0.15) is 64.1 Å². The van der Waals surface area contributed by atoms with Gasteiger partial charge in [-0.15, -0.1) is 5.10 Å². The molecule has 1 aromatic heterocycles. The van der Waals surface area contributed by atoms with Gasteiger partial charge in [0, 0.05) is 12.2 Å². The maximum atomic E-state index is 13.3. The average Bonchev–Trinajstić information content (AvgIpc) is 3.17. The van der Waals surface area contributed by atoms with E-state index in [0.29, 0.717) is 31.6 Å². The first kappa shape index (κ1) is 26.2. The lowest BCUT2D eigenvalue weighted by molar-refractivity contribution is -0.121. The lowest BCUT2D eigenvalue weighted by atomic mass is 9.99. The Labute approximate surface area is 205 Å². The van der Waals surface area contributed by atoms with Gasteiger partial charge in [0.15, 0.2) is 0 Å². The van der Waals surface area contributed by atoms with E-state index in [1.54, 1.807) is 12.1 Å². The third-order valence-electron chi connectivity index (χ3n) is 5.78. The van der Waals surface area contributed by atoms with Crippen molar-refractivity contribution >= 4 is 23.4 Å². The van der Waals surface area contributed by atoms with Crippen molar-refractivity contribution in [2.75, 3.05) is 11.9 Å². The first-order chi connectivity index (χ1) is 16.7. The third kappa shape index (κ3) is 7.03. The number of aromatic nitrogens is 2. The maximum Gasteiger partial charge on any atom is 0.437 e. The molecule has 190 valence electrons. The summed E-state index contributed by atoms with van der Waals surface area (Å²) in [4.78, 5) is 53.0. The standard InChI is InChI=1S/C25H35N5O5/c1-16(2)14-19(21(31)23-28-30(15-17(3)4)25(34)35-23)27-24(33)29-13-9-8-12-20(29)22(32)26-18-10-6-5-7-11-18/h5-7,10-11,16-17,19-20H,8-9,12-15H2,1-4H3,(H,26,32)(H,27,33)/t19-,20-/m0/s1. The summed E-state index contributed by atoms with van der Waals surface area (Å²) in [5.74, 6) is -1.63. The van der Waals surface area contributed by atoms with Crippen LogP contribution >= 0.6 is 0 Å². The summed E-state index contributed by atoms with van der Waals surface area (Å²) in [6, 6.07) is 6.99. The van der Waals surface area contributed by atoms with Crippen LogP contribution in [0.15, 0.2) is 39.5 Å². The number of nitrogens with one attached hydrogen (secondary N) is 2. The summed E-state index contributed by atoms with van der Waals surface area (Å²) < 4.78 is 6.24. The molecule has 0 radical (unpaired) electrons. The molecule has 0 bridgehead atoms. The molecule has 2 aromatic rings. The second kappa shape index (κ2) is 11.8. The Morgan fingerprint density at radius 3 is 2.46 bits per heavy atom. The van der Waals surface area contributed by atoms with Crippen molar-refractivity contribution < 1.29 is 18.8 Å². The van der Waals surface area contributed by atoms with Gasteiger partial charge in [0.05, 0.1) is 12.6 Å². The van der Waals surface area contributed by atoms with E-state index < -0.39 is 29.7 Å². The first-order valence-electron chi connectivity index (χ1n) is 12.2. The van der Waals surface area contributed by atoms with Crippen LogP contribution in [0.3, 0.4) is 0 Å². The molecule has 0 unspecified atom stereocenters. The summed E-state index contributed by atoms with van der Waals surface area (Å²) in [6.07, 6.45) is 2.45. The summed E-state index contributed by atoms with van der Waals surface area (Å²) in [5.41, 5.74) is 0.656. The van der Waals surface area contributed by atoms with Crippen LogP contribution in [0.25, 0.3) is 0 Å². The number of urea groups is 1. The Bertz CT molecular complexity index is 1080. The molecular weight excluding hydrogens is 450 g/mol. The predicted molar refractivity (Wildman–Crippen MR) is 131 cm³/mol. The van der Waals surface area contributed by atoms with E-state index in [2.05, 4.69) is 15.7 Å². The summed E-state index contributed by atoms with van der Waals surface area (Å²) >= 11 is 0. The highest BCUT2D eigenvalue weighted by molar-refractivity contribution is 6.00. The molecule has 0 spiro atoms. The number of rotatable bonds is 9. The van der Waals surface area contributed by atoms with E-state index in [9.17, 15) is 19.2 Å². The van der Waals surface area contributed by atoms with Crippen molar-refractivity contribution in [2.45, 2.75) is 72.0 Å². The molecule has 1 saturated heterocycles. The Kier molecular flexibility index (Phi) is 8.84. The molecule has 1 aliphatic heterocycles. The normalized spacial score (nSPS) is 16.9. The maximum absolute atomic E-state index is 13.3. The summed E-state index contributed by atoms with van der Waals surface area (Å²) in [5, 5.41) is 9.69. The largest absolute Gasteiger partial charge is 0.437 e. The third-order valence-corrected chi connectivity index (χ3v) is 5.78. The number of carbonyl (C=O) groups is 3. The van der Waals surface area contributed by atoms with Gasteiger partial charge >= 0.3 is 11.8 Å². The molecule has 3 amide bonds. The molecule has 35 heavy (non-hydrogen) atoms. The number of benzene rings is 1. The lowest BCUT2D eigenvalue weighted by Crippen LogP contribution is -2.56. The van der Waals surface area contributed by atoms with Gasteiger partial charge < -0.3 is 20.0 Å².